The third kappa shape index (κ3) is 3.74. The SMILES string of the molecule is O=C(NN=Cc1cn(Cc2ccccc2)c2ccccc12)c1cnccn1. The molecule has 6 nitrogen and oxygen atoms in total. The van der Waals surface area contributed by atoms with E-state index in [1.54, 1.807) is 6.21 Å². The summed E-state index contributed by atoms with van der Waals surface area (Å²) < 4.78 is 2.18. The van der Waals surface area contributed by atoms with E-state index in [1.807, 2.05) is 42.6 Å². The van der Waals surface area contributed by atoms with Crippen molar-refractivity contribution in [1.82, 2.24) is 20.0 Å². The average Bonchev–Trinajstić information content (AvgIpc) is 3.07. The Hall–Kier alpha value is -3.80. The van der Waals surface area contributed by atoms with E-state index >= 15 is 0 Å². The van der Waals surface area contributed by atoms with Gasteiger partial charge in [-0.15, -0.1) is 0 Å². The minimum Gasteiger partial charge on any atom is -0.342 e. The van der Waals surface area contributed by atoms with E-state index in [9.17, 15) is 4.79 Å². The fourth-order valence-corrected chi connectivity index (χ4v) is 2.92. The molecule has 0 fully saturated rings. The Morgan fingerprint density at radius 2 is 1.89 bits per heavy atom. The van der Waals surface area contributed by atoms with Gasteiger partial charge in [-0.3, -0.25) is 9.78 Å². The van der Waals surface area contributed by atoms with E-state index in [2.05, 4.69) is 43.3 Å². The molecule has 0 saturated carbocycles. The van der Waals surface area contributed by atoms with Crippen LogP contribution >= 0.6 is 0 Å². The molecule has 0 saturated heterocycles. The first-order chi connectivity index (χ1) is 13.3. The maximum atomic E-state index is 12.0. The lowest BCUT2D eigenvalue weighted by molar-refractivity contribution is 0.0949. The molecular formula is C21H17N5O. The van der Waals surface area contributed by atoms with Crippen LogP contribution < -0.4 is 5.43 Å². The third-order valence-electron chi connectivity index (χ3n) is 4.18. The molecule has 1 amide bonds. The van der Waals surface area contributed by atoms with Crippen molar-refractivity contribution in [2.75, 3.05) is 0 Å². The lowest BCUT2D eigenvalue weighted by Gasteiger charge is -2.05. The summed E-state index contributed by atoms with van der Waals surface area (Å²) in [6.07, 6.45) is 8.07. The van der Waals surface area contributed by atoms with Crippen LogP contribution in [0.15, 0.2) is 84.5 Å². The quantitative estimate of drug-likeness (QED) is 0.441. The second kappa shape index (κ2) is 7.61. The molecule has 0 aliphatic carbocycles. The van der Waals surface area contributed by atoms with Gasteiger partial charge in [0.2, 0.25) is 0 Å². The number of para-hydroxylation sites is 1. The minimum atomic E-state index is -0.396. The molecule has 2 heterocycles. The number of hydrogen-bond donors (Lipinski definition) is 1. The van der Waals surface area contributed by atoms with Gasteiger partial charge in [0.15, 0.2) is 0 Å². The summed E-state index contributed by atoms with van der Waals surface area (Å²) in [6, 6.07) is 18.4. The molecule has 4 rings (SSSR count). The number of hydrogen-bond acceptors (Lipinski definition) is 4. The maximum Gasteiger partial charge on any atom is 0.291 e. The molecule has 0 aliphatic rings. The second-order valence-corrected chi connectivity index (χ2v) is 6.00. The van der Waals surface area contributed by atoms with Gasteiger partial charge in [-0.25, -0.2) is 10.4 Å². The number of nitrogens with zero attached hydrogens (tertiary/aromatic N) is 4. The molecule has 0 unspecified atom stereocenters. The van der Waals surface area contributed by atoms with Gasteiger partial charge in [-0.05, 0) is 11.6 Å². The smallest absolute Gasteiger partial charge is 0.291 e. The predicted molar refractivity (Wildman–Crippen MR) is 105 cm³/mol. The van der Waals surface area contributed by atoms with Crippen LogP contribution in [0.2, 0.25) is 0 Å². The largest absolute Gasteiger partial charge is 0.342 e. The van der Waals surface area contributed by atoms with Crippen LogP contribution in [0.25, 0.3) is 10.9 Å². The van der Waals surface area contributed by atoms with Crippen molar-refractivity contribution < 1.29 is 4.79 Å². The average molecular weight is 355 g/mol. The summed E-state index contributed by atoms with van der Waals surface area (Å²) in [5.41, 5.74) is 5.98. The molecule has 0 spiro atoms. The van der Waals surface area contributed by atoms with Crippen molar-refractivity contribution in [2.24, 2.45) is 5.10 Å². The summed E-state index contributed by atoms with van der Waals surface area (Å²) in [5.74, 6) is -0.396. The third-order valence-corrected chi connectivity index (χ3v) is 4.18. The molecule has 0 radical (unpaired) electrons. The van der Waals surface area contributed by atoms with Gasteiger partial charge in [0.05, 0.1) is 12.4 Å². The number of hydrazone groups is 1. The number of aromatic nitrogens is 3. The molecule has 0 aliphatic heterocycles. The van der Waals surface area contributed by atoms with Gasteiger partial charge in [-0.1, -0.05) is 48.5 Å². The van der Waals surface area contributed by atoms with Gasteiger partial charge in [0, 0.05) is 41.6 Å². The summed E-state index contributed by atoms with van der Waals surface area (Å²) in [4.78, 5) is 19.8. The topological polar surface area (TPSA) is 72.2 Å². The Labute approximate surface area is 156 Å². The van der Waals surface area contributed by atoms with E-state index in [0.717, 1.165) is 23.0 Å². The maximum absolute atomic E-state index is 12.0. The van der Waals surface area contributed by atoms with Crippen LogP contribution in [-0.2, 0) is 6.54 Å². The Morgan fingerprint density at radius 1 is 1.07 bits per heavy atom. The molecular weight excluding hydrogens is 338 g/mol. The highest BCUT2D eigenvalue weighted by molar-refractivity contribution is 6.00. The summed E-state index contributed by atoms with van der Waals surface area (Å²) >= 11 is 0. The highest BCUT2D eigenvalue weighted by atomic mass is 16.2. The van der Waals surface area contributed by atoms with Gasteiger partial charge >= 0.3 is 0 Å². The summed E-state index contributed by atoms with van der Waals surface area (Å²) in [6.45, 7) is 0.765. The highest BCUT2D eigenvalue weighted by Gasteiger charge is 2.08. The van der Waals surface area contributed by atoms with Crippen molar-refractivity contribution in [3.63, 3.8) is 0 Å². The Balaban J connectivity index is 1.57. The minimum absolute atomic E-state index is 0.223. The van der Waals surface area contributed by atoms with E-state index in [1.165, 1.54) is 24.2 Å². The van der Waals surface area contributed by atoms with Crippen LogP contribution in [-0.4, -0.2) is 26.7 Å². The van der Waals surface area contributed by atoms with Gasteiger partial charge in [0.1, 0.15) is 5.69 Å². The first-order valence-corrected chi connectivity index (χ1v) is 8.52. The zero-order chi connectivity index (χ0) is 18.5. The van der Waals surface area contributed by atoms with Gasteiger partial charge in [-0.2, -0.15) is 5.10 Å². The fraction of sp³-hybridized carbons (Fsp3) is 0.0476. The Morgan fingerprint density at radius 3 is 2.70 bits per heavy atom. The van der Waals surface area contributed by atoms with E-state index in [0.29, 0.717) is 0 Å². The second-order valence-electron chi connectivity index (χ2n) is 6.00. The fourth-order valence-electron chi connectivity index (χ4n) is 2.92. The van der Waals surface area contributed by atoms with Crippen molar-refractivity contribution in [3.05, 3.63) is 96.2 Å². The van der Waals surface area contributed by atoms with Crippen molar-refractivity contribution in [2.45, 2.75) is 6.54 Å². The first-order valence-electron chi connectivity index (χ1n) is 8.52. The lowest BCUT2D eigenvalue weighted by Crippen LogP contribution is -2.19. The molecule has 132 valence electrons. The zero-order valence-electron chi connectivity index (χ0n) is 14.5. The molecule has 1 N–H and O–H groups in total. The zero-order valence-corrected chi connectivity index (χ0v) is 14.5. The molecule has 4 aromatic rings. The molecule has 2 aromatic carbocycles. The van der Waals surface area contributed by atoms with Crippen LogP contribution in [0.3, 0.4) is 0 Å². The Bertz CT molecular complexity index is 1090. The van der Waals surface area contributed by atoms with Gasteiger partial charge < -0.3 is 4.57 Å². The van der Waals surface area contributed by atoms with Crippen LogP contribution in [0.1, 0.15) is 21.6 Å². The molecule has 6 heteroatoms. The van der Waals surface area contributed by atoms with E-state index in [4.69, 9.17) is 0 Å². The monoisotopic (exact) mass is 355 g/mol. The number of carbonyl (C=O) groups excluding carboxylic acids is 1. The molecule has 0 atom stereocenters. The molecule has 0 bridgehead atoms. The van der Waals surface area contributed by atoms with E-state index < -0.39 is 5.91 Å². The van der Waals surface area contributed by atoms with Crippen molar-refractivity contribution in [1.29, 1.82) is 0 Å². The number of rotatable bonds is 5. The standard InChI is InChI=1S/C21H17N5O/c27-21(19-13-22-10-11-23-19)25-24-12-17-15-26(14-16-6-2-1-3-7-16)20-9-5-4-8-18(17)20/h1-13,15H,14H2,(H,25,27). The summed E-state index contributed by atoms with van der Waals surface area (Å²) in [5, 5.41) is 5.16. The normalized spacial score (nSPS) is 11.1. The van der Waals surface area contributed by atoms with Crippen molar-refractivity contribution in [3.8, 4) is 0 Å². The first kappa shape index (κ1) is 16.7. The molecule has 2 aromatic heterocycles. The van der Waals surface area contributed by atoms with Crippen LogP contribution in [0, 0.1) is 0 Å². The number of fused-ring (bicyclic) bond motifs is 1. The van der Waals surface area contributed by atoms with Crippen LogP contribution in [0.4, 0.5) is 0 Å². The van der Waals surface area contributed by atoms with Crippen LogP contribution in [0.5, 0.6) is 0 Å². The summed E-state index contributed by atoms with van der Waals surface area (Å²) in [7, 11) is 0. The number of nitrogens with one attached hydrogen (secondary N) is 1. The molecule has 27 heavy (non-hydrogen) atoms. The number of carbonyl (C=O) groups is 1. The predicted octanol–water partition coefficient (Wildman–Crippen LogP) is 3.24. The Kier molecular flexibility index (Phi) is 4.70. The van der Waals surface area contributed by atoms with Gasteiger partial charge in [0.25, 0.3) is 5.91 Å². The lowest BCUT2D eigenvalue weighted by atomic mass is 10.2. The highest BCUT2D eigenvalue weighted by Crippen LogP contribution is 2.21. The number of amides is 1. The van der Waals surface area contributed by atoms with E-state index in [-0.39, 0.29) is 5.69 Å². The number of benzene rings is 2. The van der Waals surface area contributed by atoms with Crippen molar-refractivity contribution >= 4 is 23.0 Å².